The Morgan fingerprint density at radius 1 is 1.50 bits per heavy atom. The summed E-state index contributed by atoms with van der Waals surface area (Å²) in [6.07, 6.45) is -0.507. The van der Waals surface area contributed by atoms with Gasteiger partial charge in [0.2, 0.25) is 5.91 Å². The first kappa shape index (κ1) is 16.2. The fourth-order valence-electron chi connectivity index (χ4n) is 2.36. The molecule has 9 heteroatoms. The van der Waals surface area contributed by atoms with Crippen LogP contribution in [0.15, 0.2) is 10.5 Å². The van der Waals surface area contributed by atoms with E-state index in [1.54, 1.807) is 0 Å². The highest BCUT2D eigenvalue weighted by Crippen LogP contribution is 2.38. The van der Waals surface area contributed by atoms with Gasteiger partial charge in [0, 0.05) is 12.0 Å². The van der Waals surface area contributed by atoms with Crippen molar-refractivity contribution < 1.29 is 29.0 Å². The third kappa shape index (κ3) is 2.76. The van der Waals surface area contributed by atoms with Crippen molar-refractivity contribution in [1.29, 1.82) is 0 Å². The molecular weight excluding hydrogens is 363 g/mol. The normalized spacial score (nSPS) is 14.8. The lowest BCUT2D eigenvalue weighted by atomic mass is 10.1. The molecule has 1 aromatic carbocycles. The van der Waals surface area contributed by atoms with E-state index in [2.05, 4.69) is 15.9 Å². The predicted octanol–water partition coefficient (Wildman–Crippen LogP) is 0.968. The summed E-state index contributed by atoms with van der Waals surface area (Å²) in [5.74, 6) is -3.90. The van der Waals surface area contributed by atoms with Crippen molar-refractivity contribution in [3.63, 3.8) is 0 Å². The molecule has 0 bridgehead atoms. The lowest BCUT2D eigenvalue weighted by Crippen LogP contribution is -2.45. The fraction of sp³-hybridized carbons (Fsp3) is 0.308. The maximum Gasteiger partial charge on any atom is 0.303 e. The Morgan fingerprint density at radius 2 is 2.14 bits per heavy atom. The Kier molecular flexibility index (Phi) is 4.36. The first-order valence-corrected chi connectivity index (χ1v) is 7.05. The van der Waals surface area contributed by atoms with E-state index in [9.17, 15) is 23.9 Å². The summed E-state index contributed by atoms with van der Waals surface area (Å²) in [5.41, 5.74) is 5.32. The number of rotatable bonds is 5. The number of carbonyl (C=O) groups excluding carboxylic acids is 2. The van der Waals surface area contributed by atoms with Crippen molar-refractivity contribution in [2.45, 2.75) is 25.4 Å². The average molecular weight is 375 g/mol. The van der Waals surface area contributed by atoms with Crippen LogP contribution in [0.1, 0.15) is 28.8 Å². The molecular formula is C13H12BrFN2O5. The number of amides is 2. The van der Waals surface area contributed by atoms with Crippen molar-refractivity contribution in [3.05, 3.63) is 27.5 Å². The van der Waals surface area contributed by atoms with E-state index in [0.29, 0.717) is 0 Å². The summed E-state index contributed by atoms with van der Waals surface area (Å²) in [6, 6.07) is -0.186. The predicted molar refractivity (Wildman–Crippen MR) is 75.5 cm³/mol. The van der Waals surface area contributed by atoms with Crippen LogP contribution in [0.2, 0.25) is 0 Å². The SMILES string of the molecule is NC(=O)[C@H](CCC(=O)O)N1Cc2c(cc(F)c(Br)c2O)C1=O. The summed E-state index contributed by atoms with van der Waals surface area (Å²) in [4.78, 5) is 35.5. The van der Waals surface area contributed by atoms with Crippen molar-refractivity contribution in [1.82, 2.24) is 4.90 Å². The zero-order valence-corrected chi connectivity index (χ0v) is 12.8. The number of halogens is 2. The molecule has 0 aromatic heterocycles. The van der Waals surface area contributed by atoms with Crippen LogP contribution in [0.4, 0.5) is 4.39 Å². The van der Waals surface area contributed by atoms with E-state index in [-0.39, 0.29) is 35.0 Å². The molecule has 0 saturated heterocycles. The zero-order chi connectivity index (χ0) is 16.6. The van der Waals surface area contributed by atoms with Crippen LogP contribution in [-0.2, 0) is 16.1 Å². The first-order valence-electron chi connectivity index (χ1n) is 6.26. The molecule has 0 spiro atoms. The van der Waals surface area contributed by atoms with Gasteiger partial charge in [-0.1, -0.05) is 0 Å². The van der Waals surface area contributed by atoms with Crippen LogP contribution >= 0.6 is 15.9 Å². The molecule has 0 unspecified atom stereocenters. The monoisotopic (exact) mass is 374 g/mol. The van der Waals surface area contributed by atoms with E-state index in [4.69, 9.17) is 10.8 Å². The smallest absolute Gasteiger partial charge is 0.303 e. The second-order valence-electron chi connectivity index (χ2n) is 4.83. The lowest BCUT2D eigenvalue weighted by Gasteiger charge is -2.24. The summed E-state index contributed by atoms with van der Waals surface area (Å²) in [5, 5.41) is 18.6. The van der Waals surface area contributed by atoms with Crippen LogP contribution in [0.5, 0.6) is 5.75 Å². The fourth-order valence-corrected chi connectivity index (χ4v) is 2.72. The van der Waals surface area contributed by atoms with E-state index < -0.39 is 35.4 Å². The number of benzene rings is 1. The topological polar surface area (TPSA) is 121 Å². The summed E-state index contributed by atoms with van der Waals surface area (Å²) < 4.78 is 13.4. The number of nitrogens with two attached hydrogens (primary N) is 1. The number of phenols is 1. The number of phenolic OH excluding ortho intramolecular Hbond substituents is 1. The van der Waals surface area contributed by atoms with E-state index in [0.717, 1.165) is 11.0 Å². The number of fused-ring (bicyclic) bond motifs is 1. The third-order valence-electron chi connectivity index (χ3n) is 3.46. The molecule has 0 fully saturated rings. The van der Waals surface area contributed by atoms with Gasteiger partial charge < -0.3 is 20.8 Å². The Bertz CT molecular complexity index is 679. The van der Waals surface area contributed by atoms with Gasteiger partial charge in [-0.05, 0) is 28.4 Å². The number of carbonyl (C=O) groups is 3. The van der Waals surface area contributed by atoms with Gasteiger partial charge >= 0.3 is 5.97 Å². The number of nitrogens with zero attached hydrogens (tertiary/aromatic N) is 1. The number of aliphatic carboxylic acids is 1. The molecule has 22 heavy (non-hydrogen) atoms. The van der Waals surface area contributed by atoms with Gasteiger partial charge in [0.15, 0.2) is 0 Å². The maximum absolute atomic E-state index is 13.6. The van der Waals surface area contributed by atoms with Gasteiger partial charge in [0.05, 0.1) is 16.6 Å². The number of hydrogen-bond acceptors (Lipinski definition) is 4. The zero-order valence-electron chi connectivity index (χ0n) is 11.2. The molecule has 1 heterocycles. The van der Waals surface area contributed by atoms with Crippen LogP contribution in [-0.4, -0.2) is 38.9 Å². The minimum absolute atomic E-state index is 0.0697. The van der Waals surface area contributed by atoms with Crippen LogP contribution in [0, 0.1) is 5.82 Å². The van der Waals surface area contributed by atoms with E-state index >= 15 is 0 Å². The first-order chi connectivity index (χ1) is 10.2. The summed E-state index contributed by atoms with van der Waals surface area (Å²) in [6.45, 7) is -0.147. The molecule has 1 aliphatic heterocycles. The molecule has 2 rings (SSSR count). The van der Waals surface area contributed by atoms with Crippen LogP contribution in [0.3, 0.4) is 0 Å². The van der Waals surface area contributed by atoms with Gasteiger partial charge in [-0.25, -0.2) is 4.39 Å². The molecule has 0 aliphatic carbocycles. The number of carboxylic acids is 1. The minimum Gasteiger partial charge on any atom is -0.506 e. The van der Waals surface area contributed by atoms with Gasteiger partial charge in [-0.2, -0.15) is 0 Å². The van der Waals surface area contributed by atoms with E-state index in [1.165, 1.54) is 0 Å². The van der Waals surface area contributed by atoms with Gasteiger partial charge in [0.25, 0.3) is 5.91 Å². The van der Waals surface area contributed by atoms with Gasteiger partial charge in [0.1, 0.15) is 17.6 Å². The Hall–Kier alpha value is -2.16. The van der Waals surface area contributed by atoms with Crippen molar-refractivity contribution >= 4 is 33.7 Å². The molecule has 0 saturated carbocycles. The van der Waals surface area contributed by atoms with Crippen molar-refractivity contribution in [2.24, 2.45) is 5.73 Å². The van der Waals surface area contributed by atoms with E-state index in [1.807, 2.05) is 0 Å². The molecule has 7 nitrogen and oxygen atoms in total. The van der Waals surface area contributed by atoms with Gasteiger partial charge in [-0.15, -0.1) is 0 Å². The van der Waals surface area contributed by atoms with Gasteiger partial charge in [-0.3, -0.25) is 14.4 Å². The maximum atomic E-state index is 13.6. The second kappa shape index (κ2) is 5.91. The van der Waals surface area contributed by atoms with Crippen molar-refractivity contribution in [3.8, 4) is 5.75 Å². The average Bonchev–Trinajstić information content (AvgIpc) is 2.74. The minimum atomic E-state index is -1.14. The highest BCUT2D eigenvalue weighted by Gasteiger charge is 2.38. The number of hydrogen-bond donors (Lipinski definition) is 3. The second-order valence-corrected chi connectivity index (χ2v) is 5.62. The number of aromatic hydroxyl groups is 1. The van der Waals surface area contributed by atoms with Crippen LogP contribution < -0.4 is 5.73 Å². The van der Waals surface area contributed by atoms with Crippen LogP contribution in [0.25, 0.3) is 0 Å². The quantitative estimate of drug-likeness (QED) is 0.708. The highest BCUT2D eigenvalue weighted by atomic mass is 79.9. The Labute approximate surface area is 132 Å². The molecule has 118 valence electrons. The lowest BCUT2D eigenvalue weighted by molar-refractivity contribution is -0.137. The summed E-state index contributed by atoms with van der Waals surface area (Å²) in [7, 11) is 0. The molecule has 0 radical (unpaired) electrons. The standard InChI is InChI=1S/C13H12BrFN2O5/c14-10-7(15)3-5-6(11(10)20)4-17(13(5)22)8(12(16)21)1-2-9(18)19/h3,8,20H,1-2,4H2,(H2,16,21)(H,18,19)/t8-/m0/s1. The molecule has 1 aliphatic rings. The third-order valence-corrected chi connectivity index (χ3v) is 4.21. The Balaban J connectivity index is 2.35. The molecule has 1 atom stereocenters. The highest BCUT2D eigenvalue weighted by molar-refractivity contribution is 9.10. The molecule has 4 N–H and O–H groups in total. The molecule has 1 aromatic rings. The summed E-state index contributed by atoms with van der Waals surface area (Å²) >= 11 is 2.86. The number of primary amides is 1. The largest absolute Gasteiger partial charge is 0.506 e. The van der Waals surface area contributed by atoms with Crippen molar-refractivity contribution in [2.75, 3.05) is 0 Å². The molecule has 2 amide bonds. The Morgan fingerprint density at radius 3 is 2.68 bits per heavy atom. The number of carboxylic acid groups (broad SMARTS) is 1.